The smallest absolute Gasteiger partial charge is 0.226 e. The molecule has 0 saturated carbocycles. The summed E-state index contributed by atoms with van der Waals surface area (Å²) in [6.07, 6.45) is 1.62. The van der Waals surface area contributed by atoms with E-state index in [4.69, 9.17) is 21.1 Å². The van der Waals surface area contributed by atoms with Gasteiger partial charge in [0.05, 0.1) is 7.11 Å². The fourth-order valence-corrected chi connectivity index (χ4v) is 1.41. The summed E-state index contributed by atoms with van der Waals surface area (Å²) in [5.41, 5.74) is 0.817. The van der Waals surface area contributed by atoms with E-state index in [1.807, 2.05) is 25.1 Å². The van der Waals surface area contributed by atoms with E-state index in [0.717, 1.165) is 11.3 Å². The number of hydrogen-bond donors (Lipinski definition) is 0. The number of aryl methyl sites for hydroxylation is 1. The van der Waals surface area contributed by atoms with Crippen LogP contribution in [-0.2, 0) is 0 Å². The largest absolute Gasteiger partial charge is 0.497 e. The molecule has 0 saturated heterocycles. The van der Waals surface area contributed by atoms with Crippen LogP contribution in [0, 0.1) is 6.92 Å². The number of ether oxygens (including phenoxy) is 2. The summed E-state index contributed by atoms with van der Waals surface area (Å²) in [6.45, 7) is 1.85. The third-order valence-electron chi connectivity index (χ3n) is 2.15. The lowest BCUT2D eigenvalue weighted by molar-refractivity contribution is 0.407. The van der Waals surface area contributed by atoms with E-state index < -0.39 is 0 Å². The van der Waals surface area contributed by atoms with Crippen molar-refractivity contribution in [3.05, 3.63) is 41.3 Å². The first kappa shape index (κ1) is 11.7. The molecule has 2 rings (SSSR count). The summed E-state index contributed by atoms with van der Waals surface area (Å²) in [5.74, 6) is 1.81. The van der Waals surface area contributed by atoms with Gasteiger partial charge < -0.3 is 9.47 Å². The highest BCUT2D eigenvalue weighted by Crippen LogP contribution is 2.26. The van der Waals surface area contributed by atoms with Gasteiger partial charge in [-0.2, -0.15) is 4.98 Å². The summed E-state index contributed by atoms with van der Waals surface area (Å²) >= 11 is 5.71. The number of hydrogen-bond acceptors (Lipinski definition) is 4. The number of aromatic nitrogens is 2. The third-order valence-corrected chi connectivity index (χ3v) is 2.33. The zero-order valence-corrected chi connectivity index (χ0v) is 10.2. The van der Waals surface area contributed by atoms with Crippen LogP contribution in [-0.4, -0.2) is 17.1 Å². The molecule has 1 aromatic carbocycles. The summed E-state index contributed by atoms with van der Waals surface area (Å²) < 4.78 is 10.7. The molecule has 0 bridgehead atoms. The predicted molar refractivity (Wildman–Crippen MR) is 64.8 cm³/mol. The van der Waals surface area contributed by atoms with E-state index in [9.17, 15) is 0 Å². The molecule has 1 aromatic heterocycles. The van der Waals surface area contributed by atoms with Crippen molar-refractivity contribution in [2.45, 2.75) is 6.92 Å². The normalized spacial score (nSPS) is 10.1. The van der Waals surface area contributed by atoms with Crippen molar-refractivity contribution in [1.29, 1.82) is 0 Å². The second-order valence-electron chi connectivity index (χ2n) is 3.41. The second-order valence-corrected chi connectivity index (χ2v) is 3.75. The van der Waals surface area contributed by atoms with Crippen LogP contribution in [0.4, 0.5) is 0 Å². The van der Waals surface area contributed by atoms with Gasteiger partial charge in [0.15, 0.2) is 0 Å². The molecule has 17 heavy (non-hydrogen) atoms. The van der Waals surface area contributed by atoms with Crippen molar-refractivity contribution < 1.29 is 9.47 Å². The Labute approximate surface area is 104 Å². The SMILES string of the molecule is COc1cccc(Oc2nc(Cl)ncc2C)c1. The van der Waals surface area contributed by atoms with Crippen molar-refractivity contribution in [3.8, 4) is 17.4 Å². The highest BCUT2D eigenvalue weighted by atomic mass is 35.5. The lowest BCUT2D eigenvalue weighted by atomic mass is 10.3. The van der Waals surface area contributed by atoms with Crippen molar-refractivity contribution >= 4 is 11.6 Å². The molecule has 0 aliphatic carbocycles. The van der Waals surface area contributed by atoms with Gasteiger partial charge in [0.2, 0.25) is 11.2 Å². The molecular formula is C12H11ClN2O2. The average molecular weight is 251 g/mol. The topological polar surface area (TPSA) is 44.2 Å². The Bertz CT molecular complexity index is 532. The number of halogens is 1. The van der Waals surface area contributed by atoms with Gasteiger partial charge in [-0.25, -0.2) is 4.98 Å². The molecule has 0 amide bonds. The Kier molecular flexibility index (Phi) is 3.44. The van der Waals surface area contributed by atoms with Crippen LogP contribution in [0.5, 0.6) is 17.4 Å². The van der Waals surface area contributed by atoms with E-state index in [0.29, 0.717) is 11.6 Å². The quantitative estimate of drug-likeness (QED) is 0.785. The minimum atomic E-state index is 0.161. The van der Waals surface area contributed by atoms with Gasteiger partial charge in [-0.15, -0.1) is 0 Å². The fourth-order valence-electron chi connectivity index (χ4n) is 1.29. The molecule has 0 N–H and O–H groups in total. The minimum absolute atomic E-state index is 0.161. The van der Waals surface area contributed by atoms with Crippen LogP contribution in [0.25, 0.3) is 0 Å². The maximum Gasteiger partial charge on any atom is 0.226 e. The molecule has 0 fully saturated rings. The van der Waals surface area contributed by atoms with Crippen molar-refractivity contribution in [2.24, 2.45) is 0 Å². The average Bonchev–Trinajstić information content (AvgIpc) is 2.34. The van der Waals surface area contributed by atoms with Gasteiger partial charge in [0.1, 0.15) is 11.5 Å². The molecule has 0 radical (unpaired) electrons. The van der Waals surface area contributed by atoms with Crippen molar-refractivity contribution in [2.75, 3.05) is 7.11 Å². The van der Waals surface area contributed by atoms with Gasteiger partial charge >= 0.3 is 0 Å². The minimum Gasteiger partial charge on any atom is -0.497 e. The molecular weight excluding hydrogens is 240 g/mol. The number of nitrogens with zero attached hydrogens (tertiary/aromatic N) is 2. The van der Waals surface area contributed by atoms with Crippen LogP contribution in [0.3, 0.4) is 0 Å². The molecule has 0 unspecified atom stereocenters. The van der Waals surface area contributed by atoms with Crippen LogP contribution in [0.15, 0.2) is 30.5 Å². The lowest BCUT2D eigenvalue weighted by Crippen LogP contribution is -1.94. The number of benzene rings is 1. The molecule has 0 aliphatic rings. The van der Waals surface area contributed by atoms with Crippen LogP contribution >= 0.6 is 11.6 Å². The van der Waals surface area contributed by atoms with Gasteiger partial charge in [0, 0.05) is 17.8 Å². The highest BCUT2D eigenvalue weighted by Gasteiger charge is 2.05. The molecule has 5 heteroatoms. The van der Waals surface area contributed by atoms with E-state index in [-0.39, 0.29) is 5.28 Å². The standard InChI is InChI=1S/C12H11ClN2O2/c1-8-7-14-12(13)15-11(8)17-10-5-3-4-9(6-10)16-2/h3-7H,1-2H3. The van der Waals surface area contributed by atoms with Crippen molar-refractivity contribution in [3.63, 3.8) is 0 Å². The molecule has 2 aromatic rings. The number of rotatable bonds is 3. The first-order valence-corrected chi connectivity index (χ1v) is 5.38. The molecule has 1 heterocycles. The van der Waals surface area contributed by atoms with Crippen molar-refractivity contribution in [1.82, 2.24) is 9.97 Å². The molecule has 0 aliphatic heterocycles. The van der Waals surface area contributed by atoms with E-state index in [1.165, 1.54) is 0 Å². The highest BCUT2D eigenvalue weighted by molar-refractivity contribution is 6.28. The molecule has 0 spiro atoms. The van der Waals surface area contributed by atoms with Gasteiger partial charge in [-0.1, -0.05) is 6.07 Å². The molecule has 0 atom stereocenters. The van der Waals surface area contributed by atoms with E-state index >= 15 is 0 Å². The Hall–Kier alpha value is -1.81. The monoisotopic (exact) mass is 250 g/mol. The Morgan fingerprint density at radius 1 is 1.24 bits per heavy atom. The third kappa shape index (κ3) is 2.85. The maximum absolute atomic E-state index is 5.71. The summed E-state index contributed by atoms with van der Waals surface area (Å²) in [4.78, 5) is 7.88. The Balaban J connectivity index is 2.27. The molecule has 4 nitrogen and oxygen atoms in total. The maximum atomic E-state index is 5.71. The Morgan fingerprint density at radius 3 is 2.76 bits per heavy atom. The van der Waals surface area contributed by atoms with Gasteiger partial charge in [-0.3, -0.25) is 0 Å². The fraction of sp³-hybridized carbons (Fsp3) is 0.167. The lowest BCUT2D eigenvalue weighted by Gasteiger charge is -2.08. The predicted octanol–water partition coefficient (Wildman–Crippen LogP) is 3.24. The van der Waals surface area contributed by atoms with Gasteiger partial charge in [-0.05, 0) is 30.7 Å². The zero-order chi connectivity index (χ0) is 12.3. The van der Waals surface area contributed by atoms with Crippen LogP contribution in [0.2, 0.25) is 5.28 Å². The van der Waals surface area contributed by atoms with E-state index in [2.05, 4.69) is 9.97 Å². The molecule has 88 valence electrons. The Morgan fingerprint density at radius 2 is 2.00 bits per heavy atom. The van der Waals surface area contributed by atoms with Crippen LogP contribution < -0.4 is 9.47 Å². The summed E-state index contributed by atoms with van der Waals surface area (Å²) in [7, 11) is 1.60. The second kappa shape index (κ2) is 5.01. The van der Waals surface area contributed by atoms with E-state index in [1.54, 1.807) is 19.4 Å². The summed E-state index contributed by atoms with van der Waals surface area (Å²) in [5, 5.41) is 0.161. The first-order chi connectivity index (χ1) is 8.19. The van der Waals surface area contributed by atoms with Crippen LogP contribution in [0.1, 0.15) is 5.56 Å². The summed E-state index contributed by atoms with van der Waals surface area (Å²) in [6, 6.07) is 7.27. The van der Waals surface area contributed by atoms with Gasteiger partial charge in [0.25, 0.3) is 0 Å². The number of methoxy groups -OCH3 is 1. The first-order valence-electron chi connectivity index (χ1n) is 5.00. The zero-order valence-electron chi connectivity index (χ0n) is 9.48.